The second-order valence-corrected chi connectivity index (χ2v) is 9.08. The van der Waals surface area contributed by atoms with Gasteiger partial charge < -0.3 is 14.1 Å². The number of likely N-dealkylation sites (N-methyl/N-ethyl adjacent to an activating group) is 1. The van der Waals surface area contributed by atoms with Crippen LogP contribution in [0.15, 0.2) is 12.2 Å². The lowest BCUT2D eigenvalue weighted by atomic mass is 9.88. The lowest BCUT2D eigenvalue weighted by Crippen LogP contribution is -2.37. The Balaban J connectivity index is 3.99. The predicted octanol–water partition coefficient (Wildman–Crippen LogP) is 2.36. The van der Waals surface area contributed by atoms with E-state index in [1.807, 2.05) is 41.9 Å². The lowest BCUT2D eigenvalue weighted by Gasteiger charge is -2.24. The summed E-state index contributed by atoms with van der Waals surface area (Å²) in [6, 6.07) is 0. The van der Waals surface area contributed by atoms with Gasteiger partial charge in [-0.2, -0.15) is 0 Å². The van der Waals surface area contributed by atoms with Crippen LogP contribution < -0.4 is 0 Å². The van der Waals surface area contributed by atoms with E-state index < -0.39 is 13.8 Å². The summed E-state index contributed by atoms with van der Waals surface area (Å²) in [5.74, 6) is -0.526. The van der Waals surface area contributed by atoms with Gasteiger partial charge in [-0.15, -0.1) is 0 Å². The topological polar surface area (TPSA) is 82.1 Å². The Labute approximate surface area is 139 Å². The molecule has 1 unspecified atom stereocenters. The van der Waals surface area contributed by atoms with Crippen molar-refractivity contribution in [1.29, 1.82) is 0 Å². The molecule has 0 fully saturated rings. The second-order valence-electron chi connectivity index (χ2n) is 7.63. The maximum Gasteiger partial charge on any atom is 0.472 e. The number of rotatable bonds is 10. The van der Waals surface area contributed by atoms with Gasteiger partial charge in [-0.1, -0.05) is 27.4 Å². The van der Waals surface area contributed by atoms with Crippen molar-refractivity contribution in [3.63, 3.8) is 0 Å². The molecule has 0 aromatic heterocycles. The highest BCUT2D eigenvalue weighted by Crippen LogP contribution is 2.42. The number of hydrogen-bond acceptors (Lipinski definition) is 5. The van der Waals surface area contributed by atoms with Crippen LogP contribution in [0.1, 0.15) is 27.2 Å². The van der Waals surface area contributed by atoms with Gasteiger partial charge >= 0.3 is 13.8 Å². The van der Waals surface area contributed by atoms with Crippen molar-refractivity contribution < 1.29 is 32.5 Å². The van der Waals surface area contributed by atoms with Crippen molar-refractivity contribution in [1.82, 2.24) is 0 Å². The van der Waals surface area contributed by atoms with Crippen LogP contribution in [0.3, 0.4) is 0 Å². The van der Waals surface area contributed by atoms with Crippen LogP contribution in [-0.2, 0) is 23.1 Å². The molecule has 0 heterocycles. The summed E-state index contributed by atoms with van der Waals surface area (Å²) in [4.78, 5) is 21.2. The highest BCUT2D eigenvalue weighted by molar-refractivity contribution is 7.47. The number of hydrogen-bond donors (Lipinski definition) is 1. The summed E-state index contributed by atoms with van der Waals surface area (Å²) < 4.78 is 26.8. The molecule has 1 atom stereocenters. The average Bonchev–Trinajstić information content (AvgIpc) is 2.30. The van der Waals surface area contributed by atoms with Crippen LogP contribution in [0, 0.1) is 5.41 Å². The smallest absolute Gasteiger partial charge is 0.460 e. The fraction of sp³-hybridized carbons (Fsp3) is 0.800. The molecule has 0 saturated heterocycles. The molecule has 0 aliphatic carbocycles. The van der Waals surface area contributed by atoms with Crippen LogP contribution in [0.5, 0.6) is 0 Å². The van der Waals surface area contributed by atoms with Gasteiger partial charge in [-0.3, -0.25) is 9.05 Å². The summed E-state index contributed by atoms with van der Waals surface area (Å²) >= 11 is 0. The summed E-state index contributed by atoms with van der Waals surface area (Å²) in [6.45, 7) is 9.97. The van der Waals surface area contributed by atoms with Crippen LogP contribution >= 0.6 is 7.82 Å². The molecule has 8 heteroatoms. The Morgan fingerprint density at radius 3 is 2.13 bits per heavy atom. The fourth-order valence-electron chi connectivity index (χ4n) is 1.57. The van der Waals surface area contributed by atoms with E-state index in [9.17, 15) is 14.3 Å². The number of nitrogens with zero attached hydrogens (tertiary/aromatic N) is 1. The van der Waals surface area contributed by atoms with E-state index in [4.69, 9.17) is 13.8 Å². The van der Waals surface area contributed by atoms with E-state index in [0.717, 1.165) is 0 Å². The number of phosphoric acid groups is 1. The maximum absolute atomic E-state index is 11.7. The number of esters is 1. The van der Waals surface area contributed by atoms with Crippen molar-refractivity contribution in [2.75, 3.05) is 47.5 Å². The van der Waals surface area contributed by atoms with Crippen LogP contribution in [0.25, 0.3) is 0 Å². The molecule has 0 spiro atoms. The van der Waals surface area contributed by atoms with Crippen LogP contribution in [-0.4, -0.2) is 62.9 Å². The van der Waals surface area contributed by atoms with Crippen molar-refractivity contribution in [2.24, 2.45) is 5.41 Å². The molecule has 23 heavy (non-hydrogen) atoms. The normalized spacial score (nSPS) is 15.1. The Hall–Kier alpha value is -0.720. The molecule has 0 radical (unpaired) electrons. The maximum atomic E-state index is 11.7. The van der Waals surface area contributed by atoms with E-state index in [0.29, 0.717) is 23.0 Å². The van der Waals surface area contributed by atoms with Crippen molar-refractivity contribution >= 4 is 13.8 Å². The molecular weight excluding hydrogens is 321 g/mol. The third-order valence-electron chi connectivity index (χ3n) is 2.62. The Bertz CT molecular complexity index is 450. The van der Waals surface area contributed by atoms with Gasteiger partial charge in [0.25, 0.3) is 0 Å². The van der Waals surface area contributed by atoms with Gasteiger partial charge in [0.15, 0.2) is 0 Å². The third-order valence-corrected chi connectivity index (χ3v) is 3.64. The zero-order valence-corrected chi connectivity index (χ0v) is 16.0. The van der Waals surface area contributed by atoms with Crippen molar-refractivity contribution in [3.8, 4) is 0 Å². The third kappa shape index (κ3) is 13.4. The highest BCUT2D eigenvalue weighted by Gasteiger charge is 2.23. The van der Waals surface area contributed by atoms with Gasteiger partial charge in [0.1, 0.15) is 19.8 Å². The van der Waals surface area contributed by atoms with Gasteiger partial charge in [0.2, 0.25) is 0 Å². The van der Waals surface area contributed by atoms with E-state index in [1.165, 1.54) is 0 Å². The number of quaternary nitrogens is 1. The molecule has 1 N–H and O–H groups in total. The first-order valence-electron chi connectivity index (χ1n) is 7.49. The van der Waals surface area contributed by atoms with Gasteiger partial charge in [0.05, 0.1) is 27.7 Å². The molecule has 0 saturated carbocycles. The Morgan fingerprint density at radius 1 is 1.13 bits per heavy atom. The summed E-state index contributed by atoms with van der Waals surface area (Å²) in [5, 5.41) is 0. The Morgan fingerprint density at radius 2 is 1.65 bits per heavy atom. The van der Waals surface area contributed by atoms with E-state index in [1.54, 1.807) is 0 Å². The molecule has 0 amide bonds. The number of carbonyl (C=O) groups excluding carboxylic acids is 1. The quantitative estimate of drug-likeness (QED) is 0.214. The molecular formula is C15H31NO6P+. The zero-order chi connectivity index (χ0) is 18.3. The van der Waals surface area contributed by atoms with Crippen molar-refractivity contribution in [2.45, 2.75) is 27.2 Å². The largest absolute Gasteiger partial charge is 0.472 e. The molecule has 0 rings (SSSR count). The first kappa shape index (κ1) is 22.3. The van der Waals surface area contributed by atoms with Gasteiger partial charge in [-0.05, 0) is 11.8 Å². The molecule has 0 aliphatic heterocycles. The van der Waals surface area contributed by atoms with Crippen LogP contribution in [0.4, 0.5) is 0 Å². The van der Waals surface area contributed by atoms with Gasteiger partial charge in [0, 0.05) is 5.57 Å². The molecule has 0 bridgehead atoms. The molecule has 0 aromatic carbocycles. The van der Waals surface area contributed by atoms with E-state index in [2.05, 4.69) is 6.58 Å². The minimum Gasteiger partial charge on any atom is -0.460 e. The summed E-state index contributed by atoms with van der Waals surface area (Å²) in [7, 11) is 1.70. The minimum atomic E-state index is -4.12. The van der Waals surface area contributed by atoms with Crippen LogP contribution in [0.2, 0.25) is 0 Å². The predicted molar refractivity (Wildman–Crippen MR) is 88.8 cm³/mol. The second kappa shape index (κ2) is 8.94. The first-order chi connectivity index (χ1) is 10.2. The average molecular weight is 352 g/mol. The molecule has 136 valence electrons. The lowest BCUT2D eigenvalue weighted by molar-refractivity contribution is -0.870. The Kier molecular flexibility index (Phi) is 8.66. The summed E-state index contributed by atoms with van der Waals surface area (Å²) in [6.07, 6.45) is 0.513. The molecule has 7 nitrogen and oxygen atoms in total. The fourth-order valence-corrected chi connectivity index (χ4v) is 2.26. The van der Waals surface area contributed by atoms with Crippen molar-refractivity contribution in [3.05, 3.63) is 12.2 Å². The number of ether oxygens (including phenoxy) is 1. The minimum absolute atomic E-state index is 0.0627. The SMILES string of the molecule is C=C(CC(C)(C)C)C(=O)OCCOP(=O)(O)OCC[N+](C)(C)C. The highest BCUT2D eigenvalue weighted by atomic mass is 31.2. The standard InChI is InChI=1S/C15H30NO6P/c1-13(12-15(2,3)4)14(17)20-10-11-22-23(18,19)21-9-8-16(5,6)7/h1,8-12H2,2-7H3/p+1. The monoisotopic (exact) mass is 352 g/mol. The summed E-state index contributed by atoms with van der Waals surface area (Å²) in [5.41, 5.74) is 0.302. The van der Waals surface area contributed by atoms with E-state index >= 15 is 0 Å². The molecule has 0 aliphatic rings. The van der Waals surface area contributed by atoms with E-state index in [-0.39, 0.29) is 25.2 Å². The first-order valence-corrected chi connectivity index (χ1v) is 8.99. The molecule has 0 aromatic rings. The number of phosphoric ester groups is 1. The van der Waals surface area contributed by atoms with Gasteiger partial charge in [-0.25, -0.2) is 9.36 Å². The zero-order valence-electron chi connectivity index (χ0n) is 15.1. The number of carbonyl (C=O) groups is 1.